The average Bonchev–Trinajstić information content (AvgIpc) is 3.01. The molecule has 0 saturated carbocycles. The smallest absolute Gasteiger partial charge is 0.338 e. The molecule has 7 nitrogen and oxygen atoms in total. The number of benzene rings is 1. The van der Waals surface area contributed by atoms with Crippen LogP contribution in [0.4, 0.5) is 0 Å². The fourth-order valence-electron chi connectivity index (χ4n) is 3.45. The van der Waals surface area contributed by atoms with Crippen molar-refractivity contribution in [3.63, 3.8) is 0 Å². The third kappa shape index (κ3) is 3.66. The Balaban J connectivity index is 2.05. The highest BCUT2D eigenvalue weighted by Crippen LogP contribution is 2.25. The topological polar surface area (TPSA) is 71.8 Å². The average molecular weight is 426 g/mol. The van der Waals surface area contributed by atoms with Crippen LogP contribution in [-0.2, 0) is 14.3 Å². The van der Waals surface area contributed by atoms with Crippen LogP contribution >= 0.6 is 12.2 Å². The Hall–Kier alpha value is -3.26. The number of thiocarbonyl (C=S) groups is 1. The van der Waals surface area contributed by atoms with Crippen molar-refractivity contribution in [1.29, 1.82) is 0 Å². The molecule has 1 aliphatic heterocycles. The molecule has 0 radical (unpaired) electrons. The Morgan fingerprint density at radius 2 is 1.73 bits per heavy atom. The van der Waals surface area contributed by atoms with Crippen molar-refractivity contribution in [2.75, 3.05) is 20.7 Å². The summed E-state index contributed by atoms with van der Waals surface area (Å²) in [5.74, 6) is -1.25. The van der Waals surface area contributed by atoms with E-state index in [1.807, 2.05) is 30.5 Å². The van der Waals surface area contributed by atoms with Gasteiger partial charge in [0.05, 0.1) is 12.2 Å². The number of amides is 2. The summed E-state index contributed by atoms with van der Waals surface area (Å²) in [6.07, 6.45) is 1.59. The number of aromatic nitrogens is 1. The Labute approximate surface area is 180 Å². The van der Waals surface area contributed by atoms with Gasteiger partial charge in [-0.25, -0.2) is 4.79 Å². The van der Waals surface area contributed by atoms with E-state index in [1.54, 1.807) is 45.3 Å². The van der Waals surface area contributed by atoms with Crippen LogP contribution in [0.25, 0.3) is 11.8 Å². The number of likely N-dealkylation sites (N-methyl/N-ethyl adjacent to an activating group) is 2. The summed E-state index contributed by atoms with van der Waals surface area (Å²) in [4.78, 5) is 39.9. The van der Waals surface area contributed by atoms with Gasteiger partial charge in [-0.15, -0.1) is 0 Å². The maximum Gasteiger partial charge on any atom is 0.338 e. The molecule has 8 heteroatoms. The van der Waals surface area contributed by atoms with Gasteiger partial charge < -0.3 is 9.30 Å². The van der Waals surface area contributed by atoms with Gasteiger partial charge in [0.15, 0.2) is 5.11 Å². The molecular formula is C22H23N3O4S. The molecule has 0 aliphatic carbocycles. The lowest BCUT2D eigenvalue weighted by atomic mass is 10.1. The first-order valence-corrected chi connectivity index (χ1v) is 9.86. The molecule has 1 aliphatic rings. The minimum Gasteiger partial charge on any atom is -0.462 e. The quantitative estimate of drug-likeness (QED) is 0.326. The van der Waals surface area contributed by atoms with Gasteiger partial charge in [0.25, 0.3) is 11.8 Å². The lowest BCUT2D eigenvalue weighted by molar-refractivity contribution is -0.132. The Bertz CT molecular complexity index is 1070. The van der Waals surface area contributed by atoms with Crippen LogP contribution in [0.15, 0.2) is 35.9 Å². The molecular weight excluding hydrogens is 402 g/mol. The van der Waals surface area contributed by atoms with Crippen molar-refractivity contribution in [2.45, 2.75) is 20.8 Å². The summed E-state index contributed by atoms with van der Waals surface area (Å²) in [6.45, 7) is 5.88. The van der Waals surface area contributed by atoms with E-state index in [2.05, 4.69) is 0 Å². The fourth-order valence-corrected chi connectivity index (χ4v) is 3.61. The van der Waals surface area contributed by atoms with Gasteiger partial charge in [-0.2, -0.15) is 0 Å². The second kappa shape index (κ2) is 8.23. The molecule has 30 heavy (non-hydrogen) atoms. The van der Waals surface area contributed by atoms with Crippen LogP contribution < -0.4 is 0 Å². The molecule has 0 N–H and O–H groups in total. The van der Waals surface area contributed by atoms with E-state index in [9.17, 15) is 14.4 Å². The van der Waals surface area contributed by atoms with E-state index < -0.39 is 11.8 Å². The van der Waals surface area contributed by atoms with Crippen LogP contribution in [0, 0.1) is 13.8 Å². The van der Waals surface area contributed by atoms with Gasteiger partial charge in [0, 0.05) is 31.2 Å². The van der Waals surface area contributed by atoms with E-state index in [1.165, 1.54) is 9.80 Å². The van der Waals surface area contributed by atoms with Gasteiger partial charge in [0.1, 0.15) is 5.57 Å². The summed E-state index contributed by atoms with van der Waals surface area (Å²) in [6, 6.07) is 9.03. The maximum atomic E-state index is 12.6. The second-order valence-corrected chi connectivity index (χ2v) is 7.37. The Morgan fingerprint density at radius 3 is 2.33 bits per heavy atom. The maximum absolute atomic E-state index is 12.6. The molecule has 0 bridgehead atoms. The van der Waals surface area contributed by atoms with Gasteiger partial charge in [-0.05, 0) is 68.9 Å². The lowest BCUT2D eigenvalue weighted by Crippen LogP contribution is -2.52. The van der Waals surface area contributed by atoms with E-state index in [0.717, 1.165) is 22.6 Å². The number of nitrogens with zero attached hydrogens (tertiary/aromatic N) is 3. The Kier molecular flexibility index (Phi) is 5.89. The molecule has 2 heterocycles. The summed E-state index contributed by atoms with van der Waals surface area (Å²) in [5, 5.41) is 0.170. The molecule has 156 valence electrons. The summed E-state index contributed by atoms with van der Waals surface area (Å²) >= 11 is 5.13. The Morgan fingerprint density at radius 1 is 1.10 bits per heavy atom. The summed E-state index contributed by atoms with van der Waals surface area (Å²) < 4.78 is 7.05. The number of hydrogen-bond acceptors (Lipinski definition) is 5. The van der Waals surface area contributed by atoms with Crippen molar-refractivity contribution < 1.29 is 19.1 Å². The molecule has 1 saturated heterocycles. The van der Waals surface area contributed by atoms with E-state index in [4.69, 9.17) is 17.0 Å². The number of ether oxygens (including phenoxy) is 1. The minimum absolute atomic E-state index is 0.0501. The lowest BCUT2D eigenvalue weighted by Gasteiger charge is -2.31. The fraction of sp³-hybridized carbons (Fsp3) is 0.273. The highest BCUT2D eigenvalue weighted by Gasteiger charge is 2.35. The third-order valence-electron chi connectivity index (χ3n) is 5.03. The predicted octanol–water partition coefficient (Wildman–Crippen LogP) is 2.87. The third-order valence-corrected chi connectivity index (χ3v) is 5.58. The molecule has 2 amide bonds. The highest BCUT2D eigenvalue weighted by molar-refractivity contribution is 7.80. The largest absolute Gasteiger partial charge is 0.462 e. The molecule has 3 rings (SSSR count). The zero-order chi connectivity index (χ0) is 22.2. The molecule has 0 unspecified atom stereocenters. The van der Waals surface area contributed by atoms with Crippen molar-refractivity contribution in [2.24, 2.45) is 0 Å². The highest BCUT2D eigenvalue weighted by atomic mass is 32.1. The van der Waals surface area contributed by atoms with Gasteiger partial charge in [0.2, 0.25) is 0 Å². The van der Waals surface area contributed by atoms with Crippen LogP contribution in [0.2, 0.25) is 0 Å². The zero-order valence-electron chi connectivity index (χ0n) is 17.6. The first kappa shape index (κ1) is 21.4. The summed E-state index contributed by atoms with van der Waals surface area (Å²) in [7, 11) is 3.09. The SMILES string of the molecule is CCOC(=O)c1cccc(-n2c(C)cc(C=C3C(=O)N(C)C(=S)N(C)C3=O)c2C)c1. The van der Waals surface area contributed by atoms with Crippen LogP contribution in [0.5, 0.6) is 0 Å². The van der Waals surface area contributed by atoms with Crippen molar-refractivity contribution in [3.8, 4) is 5.69 Å². The number of aryl methyl sites for hydroxylation is 1. The van der Waals surface area contributed by atoms with Crippen LogP contribution in [-0.4, -0.2) is 58.0 Å². The van der Waals surface area contributed by atoms with Crippen LogP contribution in [0.1, 0.15) is 34.2 Å². The number of carbonyl (C=O) groups is 3. The van der Waals surface area contributed by atoms with Crippen molar-refractivity contribution in [3.05, 3.63) is 58.4 Å². The molecule has 1 aromatic heterocycles. The number of hydrogen-bond donors (Lipinski definition) is 0. The number of carbonyl (C=O) groups excluding carboxylic acids is 3. The number of rotatable bonds is 4. The normalized spacial score (nSPS) is 14.4. The molecule has 0 spiro atoms. The van der Waals surface area contributed by atoms with Gasteiger partial charge in [-0.3, -0.25) is 19.4 Å². The van der Waals surface area contributed by atoms with Gasteiger partial charge >= 0.3 is 5.97 Å². The molecule has 1 fully saturated rings. The second-order valence-electron chi connectivity index (χ2n) is 7.00. The van der Waals surface area contributed by atoms with E-state index in [0.29, 0.717) is 12.2 Å². The molecule has 0 atom stereocenters. The van der Waals surface area contributed by atoms with E-state index >= 15 is 0 Å². The first-order valence-electron chi connectivity index (χ1n) is 9.45. The van der Waals surface area contributed by atoms with Crippen LogP contribution in [0.3, 0.4) is 0 Å². The predicted molar refractivity (Wildman–Crippen MR) is 117 cm³/mol. The minimum atomic E-state index is -0.433. The molecule has 1 aromatic carbocycles. The monoisotopic (exact) mass is 425 g/mol. The summed E-state index contributed by atoms with van der Waals surface area (Å²) in [5.41, 5.74) is 3.76. The zero-order valence-corrected chi connectivity index (χ0v) is 18.4. The van der Waals surface area contributed by atoms with Gasteiger partial charge in [-0.1, -0.05) is 6.07 Å². The molecule has 2 aromatic rings. The standard InChI is InChI=1S/C22H23N3O4S/c1-6-29-21(28)15-8-7-9-17(11-15)25-13(2)10-16(14(25)3)12-18-19(26)23(4)22(30)24(5)20(18)27/h7-12H,6H2,1-5H3. The first-order chi connectivity index (χ1) is 14.2. The van der Waals surface area contributed by atoms with Crippen molar-refractivity contribution >= 4 is 41.2 Å². The van der Waals surface area contributed by atoms with Crippen molar-refractivity contribution in [1.82, 2.24) is 14.4 Å². The number of esters is 1. The van der Waals surface area contributed by atoms with E-state index in [-0.39, 0.29) is 16.7 Å².